The summed E-state index contributed by atoms with van der Waals surface area (Å²) in [6, 6.07) is 1.76. The highest BCUT2D eigenvalue weighted by Crippen LogP contribution is 2.27. The number of hydrogen-bond donors (Lipinski definition) is 1. The van der Waals surface area contributed by atoms with E-state index in [1.54, 1.807) is 13.0 Å². The van der Waals surface area contributed by atoms with Crippen molar-refractivity contribution in [3.8, 4) is 0 Å². The van der Waals surface area contributed by atoms with Crippen molar-refractivity contribution < 1.29 is 14.4 Å². The molecule has 0 bridgehead atoms. The molecule has 1 N–H and O–H groups in total. The summed E-state index contributed by atoms with van der Waals surface area (Å²) < 4.78 is 5.15. The number of carboxylic acids is 1. The van der Waals surface area contributed by atoms with Crippen LogP contribution in [0, 0.1) is 13.8 Å². The van der Waals surface area contributed by atoms with Crippen LogP contribution in [0.2, 0.25) is 0 Å². The summed E-state index contributed by atoms with van der Waals surface area (Å²) in [5, 5.41) is 13.7. The van der Waals surface area contributed by atoms with Gasteiger partial charge in [-0.1, -0.05) is 30.8 Å². The minimum atomic E-state index is -0.976. The Morgan fingerprint density at radius 2 is 2.10 bits per heavy atom. The average Bonchev–Trinajstić information content (AvgIpc) is 2.83. The maximum atomic E-state index is 11.4. The molecule has 0 aliphatic heterocycles. The van der Waals surface area contributed by atoms with E-state index in [2.05, 4.69) is 15.1 Å². The number of aromatic carboxylic acids is 1. The van der Waals surface area contributed by atoms with Crippen LogP contribution >= 0.6 is 11.8 Å². The zero-order valence-electron chi connectivity index (χ0n) is 12.4. The second-order valence-corrected chi connectivity index (χ2v) is 6.02. The zero-order chi connectivity index (χ0) is 15.6. The van der Waals surface area contributed by atoms with E-state index in [1.165, 1.54) is 11.8 Å². The van der Waals surface area contributed by atoms with E-state index in [0.29, 0.717) is 28.1 Å². The maximum absolute atomic E-state index is 11.4. The lowest BCUT2D eigenvalue weighted by molar-refractivity contribution is 0.0691. The van der Waals surface area contributed by atoms with Crippen LogP contribution < -0.4 is 0 Å². The van der Waals surface area contributed by atoms with Crippen molar-refractivity contribution in [3.63, 3.8) is 0 Å². The molecule has 21 heavy (non-hydrogen) atoms. The number of hydrogen-bond acceptors (Lipinski definition) is 6. The molecule has 0 atom stereocenters. The van der Waals surface area contributed by atoms with Crippen LogP contribution in [-0.4, -0.2) is 26.2 Å². The molecule has 0 saturated carbocycles. The monoisotopic (exact) mass is 307 g/mol. The lowest BCUT2D eigenvalue weighted by Gasteiger charge is -2.08. The molecule has 0 aliphatic rings. The molecule has 0 amide bonds. The molecule has 7 heteroatoms. The van der Waals surface area contributed by atoms with Crippen molar-refractivity contribution in [2.24, 2.45) is 0 Å². The number of pyridine rings is 1. The van der Waals surface area contributed by atoms with Crippen LogP contribution in [0.5, 0.6) is 0 Å². The summed E-state index contributed by atoms with van der Waals surface area (Å²) in [5.74, 6) is 0.742. The van der Waals surface area contributed by atoms with Gasteiger partial charge in [-0.15, -0.1) is 0 Å². The first kappa shape index (κ1) is 15.5. The molecular formula is C14H17N3O3S. The third-order valence-corrected chi connectivity index (χ3v) is 3.82. The number of nitrogens with zero attached hydrogens (tertiary/aromatic N) is 3. The van der Waals surface area contributed by atoms with E-state index >= 15 is 0 Å². The van der Waals surface area contributed by atoms with Crippen LogP contribution in [0.25, 0.3) is 0 Å². The van der Waals surface area contributed by atoms with E-state index < -0.39 is 5.97 Å². The largest absolute Gasteiger partial charge is 0.478 e. The molecule has 0 radical (unpaired) electrons. The smallest absolute Gasteiger partial charge is 0.338 e. The summed E-state index contributed by atoms with van der Waals surface area (Å²) in [7, 11) is 0. The van der Waals surface area contributed by atoms with Gasteiger partial charge in [-0.05, 0) is 25.5 Å². The van der Waals surface area contributed by atoms with E-state index in [0.717, 1.165) is 5.69 Å². The summed E-state index contributed by atoms with van der Waals surface area (Å²) in [6.45, 7) is 7.57. The van der Waals surface area contributed by atoms with Gasteiger partial charge < -0.3 is 9.63 Å². The number of carbonyl (C=O) groups is 1. The number of aryl methyl sites for hydroxylation is 2. The Morgan fingerprint density at radius 3 is 2.67 bits per heavy atom. The molecule has 0 aliphatic carbocycles. The Labute approximate surface area is 127 Å². The summed E-state index contributed by atoms with van der Waals surface area (Å²) in [5.41, 5.74) is 1.72. The van der Waals surface area contributed by atoms with Crippen LogP contribution in [-0.2, 0) is 5.75 Å². The normalized spacial score (nSPS) is 11.1. The van der Waals surface area contributed by atoms with Gasteiger partial charge in [-0.25, -0.2) is 9.78 Å². The molecule has 2 aromatic rings. The van der Waals surface area contributed by atoms with Gasteiger partial charge >= 0.3 is 5.97 Å². The molecule has 6 nitrogen and oxygen atoms in total. The summed E-state index contributed by atoms with van der Waals surface area (Å²) in [6.07, 6.45) is 0. The highest BCUT2D eigenvalue weighted by molar-refractivity contribution is 7.98. The van der Waals surface area contributed by atoms with Gasteiger partial charge in [-0.2, -0.15) is 4.98 Å². The molecule has 0 fully saturated rings. The zero-order valence-corrected chi connectivity index (χ0v) is 13.2. The second-order valence-electron chi connectivity index (χ2n) is 5.06. The molecule has 0 unspecified atom stereocenters. The molecule has 0 saturated heterocycles. The number of aromatic nitrogens is 3. The van der Waals surface area contributed by atoms with Gasteiger partial charge in [0.2, 0.25) is 5.89 Å². The van der Waals surface area contributed by atoms with Gasteiger partial charge in [0.15, 0.2) is 5.82 Å². The first-order valence-electron chi connectivity index (χ1n) is 6.55. The fraction of sp³-hybridized carbons (Fsp3) is 0.429. The Morgan fingerprint density at radius 1 is 1.38 bits per heavy atom. The lowest BCUT2D eigenvalue weighted by Crippen LogP contribution is -2.05. The highest BCUT2D eigenvalue weighted by Gasteiger charge is 2.17. The van der Waals surface area contributed by atoms with Gasteiger partial charge in [0.05, 0.1) is 11.3 Å². The van der Waals surface area contributed by atoms with Crippen LogP contribution in [0.3, 0.4) is 0 Å². The highest BCUT2D eigenvalue weighted by atomic mass is 32.2. The molecule has 0 aromatic carbocycles. The Bertz CT molecular complexity index is 667. The average molecular weight is 307 g/mol. The van der Waals surface area contributed by atoms with E-state index in [4.69, 9.17) is 4.52 Å². The third kappa shape index (κ3) is 3.60. The van der Waals surface area contributed by atoms with Gasteiger partial charge in [0.25, 0.3) is 0 Å². The van der Waals surface area contributed by atoms with Crippen LogP contribution in [0.4, 0.5) is 0 Å². The number of rotatable bonds is 5. The summed E-state index contributed by atoms with van der Waals surface area (Å²) >= 11 is 1.29. The molecule has 112 valence electrons. The molecular weight excluding hydrogens is 290 g/mol. The van der Waals surface area contributed by atoms with Crippen molar-refractivity contribution in [3.05, 3.63) is 34.6 Å². The van der Waals surface area contributed by atoms with Crippen LogP contribution in [0.1, 0.15) is 53.1 Å². The molecule has 0 spiro atoms. The van der Waals surface area contributed by atoms with E-state index in [-0.39, 0.29) is 11.5 Å². The minimum Gasteiger partial charge on any atom is -0.478 e. The first-order valence-corrected chi connectivity index (χ1v) is 7.54. The van der Waals surface area contributed by atoms with Crippen LogP contribution in [0.15, 0.2) is 15.6 Å². The van der Waals surface area contributed by atoms with Gasteiger partial charge in [0, 0.05) is 11.6 Å². The Balaban J connectivity index is 2.21. The summed E-state index contributed by atoms with van der Waals surface area (Å²) in [4.78, 5) is 19.9. The fourth-order valence-corrected chi connectivity index (χ4v) is 2.84. The lowest BCUT2D eigenvalue weighted by atomic mass is 10.1. The number of carboxylic acid groups (broad SMARTS) is 1. The van der Waals surface area contributed by atoms with Gasteiger partial charge in [0.1, 0.15) is 5.03 Å². The van der Waals surface area contributed by atoms with E-state index in [1.807, 2.05) is 20.8 Å². The van der Waals surface area contributed by atoms with Crippen molar-refractivity contribution in [1.29, 1.82) is 0 Å². The van der Waals surface area contributed by atoms with Crippen molar-refractivity contribution >= 4 is 17.7 Å². The van der Waals surface area contributed by atoms with E-state index in [9.17, 15) is 9.90 Å². The molecule has 2 aromatic heterocycles. The number of thioether (sulfide) groups is 1. The molecule has 2 heterocycles. The van der Waals surface area contributed by atoms with Gasteiger partial charge in [-0.3, -0.25) is 0 Å². The Kier molecular flexibility index (Phi) is 4.62. The second kappa shape index (κ2) is 6.26. The molecule has 2 rings (SSSR count). The standard InChI is InChI=1S/C14H17N3O3S/c1-7(2)12-16-10(20-17-12)6-21-13-11(14(18)19)8(3)5-9(4)15-13/h5,7H,6H2,1-4H3,(H,18,19). The SMILES string of the molecule is Cc1cc(C)c(C(=O)O)c(SCc2nc(C(C)C)no2)n1. The predicted molar refractivity (Wildman–Crippen MR) is 78.6 cm³/mol. The predicted octanol–water partition coefficient (Wildman–Crippen LogP) is 3.20. The third-order valence-electron chi connectivity index (χ3n) is 2.86. The first-order chi connectivity index (χ1) is 9.88. The maximum Gasteiger partial charge on any atom is 0.338 e. The Hall–Kier alpha value is -1.89. The van der Waals surface area contributed by atoms with Crippen molar-refractivity contribution in [1.82, 2.24) is 15.1 Å². The topological polar surface area (TPSA) is 89.1 Å². The minimum absolute atomic E-state index is 0.196. The quantitative estimate of drug-likeness (QED) is 0.848. The van der Waals surface area contributed by atoms with Crippen molar-refractivity contribution in [2.75, 3.05) is 0 Å². The fourth-order valence-electron chi connectivity index (χ4n) is 1.86. The van der Waals surface area contributed by atoms with Crippen molar-refractivity contribution in [2.45, 2.75) is 44.4 Å².